The number of carbonyl (C=O) groups excluding carboxylic acids is 1. The topological polar surface area (TPSA) is 46.9 Å². The molecule has 7 heteroatoms. The number of amides is 1. The van der Waals surface area contributed by atoms with Crippen molar-refractivity contribution < 1.29 is 9.18 Å². The first-order chi connectivity index (χ1) is 11.4. The highest BCUT2D eigenvalue weighted by molar-refractivity contribution is 14.1. The zero-order valence-electron chi connectivity index (χ0n) is 12.6. The van der Waals surface area contributed by atoms with E-state index in [0.29, 0.717) is 20.0 Å². The van der Waals surface area contributed by atoms with Gasteiger partial charge in [0.15, 0.2) is 0 Å². The van der Waals surface area contributed by atoms with Gasteiger partial charge >= 0.3 is 0 Å². The minimum absolute atomic E-state index is 0.331. The first-order valence-electron chi connectivity index (χ1n) is 7.03. The lowest BCUT2D eigenvalue weighted by molar-refractivity contribution is 0.102. The number of anilines is 1. The molecule has 1 aromatic heterocycles. The molecular weight excluding hydrogens is 444 g/mol. The maximum Gasteiger partial charge on any atom is 0.257 e. The van der Waals surface area contributed by atoms with Crippen LogP contribution in [0.2, 0.25) is 5.02 Å². The normalized spacial score (nSPS) is 10.7. The van der Waals surface area contributed by atoms with Crippen molar-refractivity contribution in [1.82, 2.24) is 9.78 Å². The quantitative estimate of drug-likeness (QED) is 0.575. The number of benzene rings is 2. The van der Waals surface area contributed by atoms with Crippen LogP contribution in [-0.4, -0.2) is 15.7 Å². The van der Waals surface area contributed by atoms with Crippen LogP contribution >= 0.6 is 34.2 Å². The Labute approximate surface area is 156 Å². The lowest BCUT2D eigenvalue weighted by Gasteiger charge is -2.10. The van der Waals surface area contributed by atoms with Crippen molar-refractivity contribution in [3.63, 3.8) is 0 Å². The number of aryl methyl sites for hydroxylation is 1. The van der Waals surface area contributed by atoms with E-state index in [2.05, 4.69) is 10.4 Å². The average Bonchev–Trinajstić information content (AvgIpc) is 2.87. The van der Waals surface area contributed by atoms with Crippen molar-refractivity contribution in [3.05, 3.63) is 74.2 Å². The van der Waals surface area contributed by atoms with Crippen LogP contribution < -0.4 is 5.32 Å². The van der Waals surface area contributed by atoms with Crippen LogP contribution in [0.15, 0.2) is 48.5 Å². The monoisotopic (exact) mass is 455 g/mol. The van der Waals surface area contributed by atoms with Crippen LogP contribution in [0, 0.1) is 16.3 Å². The second-order valence-electron chi connectivity index (χ2n) is 5.14. The van der Waals surface area contributed by atoms with Crippen molar-refractivity contribution in [2.75, 3.05) is 5.32 Å². The first-order valence-corrected chi connectivity index (χ1v) is 8.49. The van der Waals surface area contributed by atoms with Gasteiger partial charge in [-0.25, -0.2) is 9.07 Å². The second kappa shape index (κ2) is 6.90. The van der Waals surface area contributed by atoms with Crippen molar-refractivity contribution in [1.29, 1.82) is 0 Å². The first kappa shape index (κ1) is 16.9. The standard InChI is InChI=1S/C17H12ClFIN3O/c1-10-7-16(23(22-10)13-4-2-3-11(18)8-13)21-17(24)14-6-5-12(19)9-15(14)20/h2-9H,1H3,(H,21,24). The summed E-state index contributed by atoms with van der Waals surface area (Å²) in [5, 5.41) is 7.78. The summed E-state index contributed by atoms with van der Waals surface area (Å²) in [5.74, 6) is -0.196. The summed E-state index contributed by atoms with van der Waals surface area (Å²) in [6.07, 6.45) is 0. The van der Waals surface area contributed by atoms with Gasteiger partial charge < -0.3 is 5.32 Å². The van der Waals surface area contributed by atoms with E-state index in [1.165, 1.54) is 18.2 Å². The fourth-order valence-electron chi connectivity index (χ4n) is 2.25. The molecular formula is C17H12ClFIN3O. The largest absolute Gasteiger partial charge is 0.306 e. The van der Waals surface area contributed by atoms with Gasteiger partial charge in [0.2, 0.25) is 0 Å². The van der Waals surface area contributed by atoms with Crippen LogP contribution in [0.3, 0.4) is 0 Å². The third kappa shape index (κ3) is 3.59. The summed E-state index contributed by atoms with van der Waals surface area (Å²) in [7, 11) is 0. The number of nitrogens with zero attached hydrogens (tertiary/aromatic N) is 2. The molecule has 0 atom stereocenters. The zero-order chi connectivity index (χ0) is 17.3. The molecule has 0 bridgehead atoms. The number of aromatic nitrogens is 2. The average molecular weight is 456 g/mol. The molecule has 0 saturated carbocycles. The van der Waals surface area contributed by atoms with Gasteiger partial charge in [-0.1, -0.05) is 17.7 Å². The Bertz CT molecular complexity index is 926. The van der Waals surface area contributed by atoms with Crippen LogP contribution in [0.5, 0.6) is 0 Å². The molecule has 1 amide bonds. The van der Waals surface area contributed by atoms with Crippen LogP contribution in [0.4, 0.5) is 10.2 Å². The summed E-state index contributed by atoms with van der Waals surface area (Å²) in [6.45, 7) is 1.83. The predicted octanol–water partition coefficient (Wildman–Crippen LogP) is 4.83. The van der Waals surface area contributed by atoms with E-state index in [0.717, 1.165) is 11.4 Å². The summed E-state index contributed by atoms with van der Waals surface area (Å²) < 4.78 is 15.3. The van der Waals surface area contributed by atoms with E-state index in [4.69, 9.17) is 11.6 Å². The molecule has 0 radical (unpaired) electrons. The SMILES string of the molecule is Cc1cc(NC(=O)c2ccc(F)cc2I)n(-c2cccc(Cl)c2)n1. The fraction of sp³-hybridized carbons (Fsp3) is 0.0588. The summed E-state index contributed by atoms with van der Waals surface area (Å²) in [6, 6.07) is 13.0. The van der Waals surface area contributed by atoms with Gasteiger partial charge in [0.1, 0.15) is 11.6 Å². The molecule has 24 heavy (non-hydrogen) atoms. The Hall–Kier alpha value is -1.93. The number of hydrogen-bond donors (Lipinski definition) is 1. The molecule has 0 aliphatic rings. The van der Waals surface area contributed by atoms with Gasteiger partial charge in [0.25, 0.3) is 5.91 Å². The fourth-order valence-corrected chi connectivity index (χ4v) is 3.16. The summed E-state index contributed by atoms with van der Waals surface area (Å²) in [4.78, 5) is 12.5. The van der Waals surface area contributed by atoms with Gasteiger partial charge in [0, 0.05) is 14.7 Å². The van der Waals surface area contributed by atoms with E-state index in [1.807, 2.05) is 41.6 Å². The molecule has 1 N–H and O–H groups in total. The molecule has 0 aliphatic heterocycles. The highest BCUT2D eigenvalue weighted by atomic mass is 127. The minimum atomic E-state index is -0.379. The summed E-state index contributed by atoms with van der Waals surface area (Å²) in [5.41, 5.74) is 1.88. The number of halogens is 3. The Balaban J connectivity index is 1.94. The van der Waals surface area contributed by atoms with Crippen molar-refractivity contribution in [2.24, 2.45) is 0 Å². The number of hydrogen-bond acceptors (Lipinski definition) is 2. The molecule has 1 heterocycles. The van der Waals surface area contributed by atoms with E-state index < -0.39 is 0 Å². The van der Waals surface area contributed by atoms with E-state index in [-0.39, 0.29) is 11.7 Å². The van der Waals surface area contributed by atoms with Crippen molar-refractivity contribution in [2.45, 2.75) is 6.92 Å². The highest BCUT2D eigenvalue weighted by Gasteiger charge is 2.15. The molecule has 3 rings (SSSR count). The second-order valence-corrected chi connectivity index (χ2v) is 6.74. The molecule has 0 saturated heterocycles. The Kier molecular flexibility index (Phi) is 4.86. The maximum atomic E-state index is 13.2. The van der Waals surface area contributed by atoms with E-state index in [1.54, 1.807) is 22.9 Å². The molecule has 0 fully saturated rings. The number of carbonyl (C=O) groups is 1. The van der Waals surface area contributed by atoms with E-state index in [9.17, 15) is 9.18 Å². The number of nitrogens with one attached hydrogen (secondary N) is 1. The van der Waals surface area contributed by atoms with Gasteiger partial charge in [-0.05, 0) is 65.9 Å². The van der Waals surface area contributed by atoms with Crippen LogP contribution in [0.1, 0.15) is 16.1 Å². The Morgan fingerprint density at radius 3 is 2.75 bits per heavy atom. The molecule has 3 aromatic rings. The highest BCUT2D eigenvalue weighted by Crippen LogP contribution is 2.22. The van der Waals surface area contributed by atoms with Crippen LogP contribution in [0.25, 0.3) is 5.69 Å². The summed E-state index contributed by atoms with van der Waals surface area (Å²) >= 11 is 7.96. The third-order valence-electron chi connectivity index (χ3n) is 3.30. The molecule has 0 aliphatic carbocycles. The smallest absolute Gasteiger partial charge is 0.257 e. The minimum Gasteiger partial charge on any atom is -0.306 e. The van der Waals surface area contributed by atoms with Crippen molar-refractivity contribution in [3.8, 4) is 5.69 Å². The van der Waals surface area contributed by atoms with Gasteiger partial charge in [0.05, 0.1) is 16.9 Å². The van der Waals surface area contributed by atoms with Crippen LogP contribution in [-0.2, 0) is 0 Å². The van der Waals surface area contributed by atoms with Gasteiger partial charge in [-0.15, -0.1) is 0 Å². The van der Waals surface area contributed by atoms with Gasteiger partial charge in [-0.2, -0.15) is 5.10 Å². The predicted molar refractivity (Wildman–Crippen MR) is 100 cm³/mol. The zero-order valence-corrected chi connectivity index (χ0v) is 15.5. The molecule has 4 nitrogen and oxygen atoms in total. The molecule has 2 aromatic carbocycles. The number of rotatable bonds is 3. The van der Waals surface area contributed by atoms with Crippen molar-refractivity contribution >= 4 is 45.9 Å². The Morgan fingerprint density at radius 2 is 2.04 bits per heavy atom. The van der Waals surface area contributed by atoms with Gasteiger partial charge in [-0.3, -0.25) is 4.79 Å². The lowest BCUT2D eigenvalue weighted by Crippen LogP contribution is -2.16. The molecule has 0 unspecified atom stereocenters. The Morgan fingerprint density at radius 1 is 1.25 bits per heavy atom. The third-order valence-corrected chi connectivity index (χ3v) is 4.43. The molecule has 122 valence electrons. The maximum absolute atomic E-state index is 13.2. The molecule has 0 spiro atoms. The van der Waals surface area contributed by atoms with E-state index >= 15 is 0 Å². The lowest BCUT2D eigenvalue weighted by atomic mass is 10.2.